The minimum Gasteiger partial charge on any atom is -0.377 e. The van der Waals surface area contributed by atoms with Crippen molar-refractivity contribution in [1.29, 1.82) is 0 Å². The average molecular weight is 230 g/mol. The first kappa shape index (κ1) is 12.1. The molecule has 0 radical (unpaired) electrons. The summed E-state index contributed by atoms with van der Waals surface area (Å²) in [6, 6.07) is 2.29. The Balaban J connectivity index is 2.71. The van der Waals surface area contributed by atoms with E-state index < -0.39 is 0 Å². The van der Waals surface area contributed by atoms with Gasteiger partial charge >= 0.3 is 0 Å². The first-order valence-electron chi connectivity index (χ1n) is 5.13. The topological polar surface area (TPSA) is 9.23 Å². The van der Waals surface area contributed by atoms with E-state index in [4.69, 9.17) is 4.74 Å². The first-order valence-corrected chi connectivity index (χ1v) is 6.94. The van der Waals surface area contributed by atoms with E-state index in [9.17, 15) is 0 Å². The Morgan fingerprint density at radius 1 is 1.36 bits per heavy atom. The van der Waals surface area contributed by atoms with Gasteiger partial charge in [-0.15, -0.1) is 23.1 Å². The summed E-state index contributed by atoms with van der Waals surface area (Å²) in [4.78, 5) is 1.47. The van der Waals surface area contributed by atoms with Crippen molar-refractivity contribution in [2.24, 2.45) is 0 Å². The van der Waals surface area contributed by atoms with Gasteiger partial charge in [0.1, 0.15) is 0 Å². The zero-order chi connectivity index (χ0) is 10.4. The summed E-state index contributed by atoms with van der Waals surface area (Å²) in [5.74, 6) is 1.14. The quantitative estimate of drug-likeness (QED) is 0.684. The summed E-state index contributed by atoms with van der Waals surface area (Å²) >= 11 is 3.84. The molecule has 0 aliphatic heterocycles. The fraction of sp³-hybridized carbons (Fsp3) is 0.636. The zero-order valence-electron chi connectivity index (χ0n) is 9.13. The molecule has 0 bridgehead atoms. The molecule has 0 fully saturated rings. The zero-order valence-corrected chi connectivity index (χ0v) is 10.8. The SMILES string of the molecule is CCOCc1cc(CC)sc1SCC. The Kier molecular flexibility index (Phi) is 5.60. The molecule has 1 nitrogen and oxygen atoms in total. The van der Waals surface area contributed by atoms with Crippen molar-refractivity contribution in [3.8, 4) is 0 Å². The summed E-state index contributed by atoms with van der Waals surface area (Å²) < 4.78 is 6.90. The number of ether oxygens (including phenoxy) is 1. The molecule has 0 unspecified atom stereocenters. The molecule has 1 aromatic rings. The van der Waals surface area contributed by atoms with Gasteiger partial charge in [0.05, 0.1) is 10.8 Å². The van der Waals surface area contributed by atoms with Gasteiger partial charge in [0.25, 0.3) is 0 Å². The summed E-state index contributed by atoms with van der Waals surface area (Å²) in [5.41, 5.74) is 1.38. The van der Waals surface area contributed by atoms with Crippen molar-refractivity contribution in [2.45, 2.75) is 38.0 Å². The molecular weight excluding hydrogens is 212 g/mol. The van der Waals surface area contributed by atoms with Crippen LogP contribution in [-0.4, -0.2) is 12.4 Å². The van der Waals surface area contributed by atoms with Crippen LogP contribution in [0.2, 0.25) is 0 Å². The molecule has 80 valence electrons. The van der Waals surface area contributed by atoms with E-state index in [1.165, 1.54) is 14.6 Å². The lowest BCUT2D eigenvalue weighted by molar-refractivity contribution is 0.133. The lowest BCUT2D eigenvalue weighted by Crippen LogP contribution is -1.90. The second kappa shape index (κ2) is 6.49. The lowest BCUT2D eigenvalue weighted by atomic mass is 10.3. The third-order valence-electron chi connectivity index (χ3n) is 1.91. The highest BCUT2D eigenvalue weighted by molar-refractivity contribution is 8.01. The summed E-state index contributed by atoms with van der Waals surface area (Å²) in [6.07, 6.45) is 1.13. The second-order valence-electron chi connectivity index (χ2n) is 2.95. The van der Waals surface area contributed by atoms with Crippen LogP contribution in [0.3, 0.4) is 0 Å². The molecular formula is C11H18OS2. The Morgan fingerprint density at radius 2 is 2.14 bits per heavy atom. The van der Waals surface area contributed by atoms with Crippen molar-refractivity contribution in [1.82, 2.24) is 0 Å². The van der Waals surface area contributed by atoms with Crippen molar-refractivity contribution in [3.05, 3.63) is 16.5 Å². The number of thioether (sulfide) groups is 1. The van der Waals surface area contributed by atoms with Crippen molar-refractivity contribution >= 4 is 23.1 Å². The minimum atomic E-state index is 0.773. The smallest absolute Gasteiger partial charge is 0.0736 e. The van der Waals surface area contributed by atoms with Gasteiger partial charge < -0.3 is 4.74 Å². The molecule has 0 saturated carbocycles. The molecule has 3 heteroatoms. The third-order valence-corrected chi connectivity index (χ3v) is 4.44. The van der Waals surface area contributed by atoms with E-state index in [1.54, 1.807) is 0 Å². The minimum absolute atomic E-state index is 0.773. The molecule has 0 aliphatic carbocycles. The monoisotopic (exact) mass is 230 g/mol. The van der Waals surface area contributed by atoms with Gasteiger partial charge in [-0.1, -0.05) is 13.8 Å². The lowest BCUT2D eigenvalue weighted by Gasteiger charge is -2.01. The van der Waals surface area contributed by atoms with Crippen LogP contribution in [0.25, 0.3) is 0 Å². The van der Waals surface area contributed by atoms with E-state index in [1.807, 2.05) is 30.0 Å². The fourth-order valence-electron chi connectivity index (χ4n) is 1.21. The molecule has 0 aliphatic rings. The van der Waals surface area contributed by atoms with Gasteiger partial charge in [-0.05, 0) is 25.2 Å². The Morgan fingerprint density at radius 3 is 2.71 bits per heavy atom. The van der Waals surface area contributed by atoms with Crippen LogP contribution in [0.4, 0.5) is 0 Å². The second-order valence-corrected chi connectivity index (χ2v) is 5.62. The number of aryl methyl sites for hydroxylation is 1. The Bertz CT molecular complexity index is 268. The molecule has 0 N–H and O–H groups in total. The molecule has 1 aromatic heterocycles. The van der Waals surface area contributed by atoms with E-state index in [0.717, 1.165) is 25.4 Å². The highest BCUT2D eigenvalue weighted by Crippen LogP contribution is 2.32. The average Bonchev–Trinajstić information content (AvgIpc) is 2.58. The number of thiophene rings is 1. The fourth-order valence-corrected chi connectivity index (χ4v) is 3.52. The Labute approximate surface area is 94.9 Å². The van der Waals surface area contributed by atoms with Crippen LogP contribution in [0, 0.1) is 0 Å². The van der Waals surface area contributed by atoms with Gasteiger partial charge in [-0.3, -0.25) is 0 Å². The van der Waals surface area contributed by atoms with Gasteiger partial charge in [-0.2, -0.15) is 0 Å². The van der Waals surface area contributed by atoms with Crippen LogP contribution in [0.15, 0.2) is 10.3 Å². The maximum atomic E-state index is 5.46. The molecule has 0 saturated heterocycles. The van der Waals surface area contributed by atoms with E-state index in [-0.39, 0.29) is 0 Å². The van der Waals surface area contributed by atoms with Crippen LogP contribution in [0.5, 0.6) is 0 Å². The van der Waals surface area contributed by atoms with Crippen molar-refractivity contribution < 1.29 is 4.74 Å². The first-order chi connectivity index (χ1) is 6.81. The summed E-state index contributed by atoms with van der Waals surface area (Å²) in [5, 5.41) is 0. The molecule has 1 rings (SSSR count). The van der Waals surface area contributed by atoms with E-state index in [2.05, 4.69) is 19.9 Å². The van der Waals surface area contributed by atoms with Crippen molar-refractivity contribution in [3.63, 3.8) is 0 Å². The largest absolute Gasteiger partial charge is 0.377 e. The van der Waals surface area contributed by atoms with E-state index in [0.29, 0.717) is 0 Å². The number of hydrogen-bond donors (Lipinski definition) is 0. The maximum absolute atomic E-state index is 5.46. The molecule has 1 heterocycles. The predicted octanol–water partition coefficient (Wildman–Crippen LogP) is 3.96. The van der Waals surface area contributed by atoms with Gasteiger partial charge in [0.15, 0.2) is 0 Å². The number of rotatable bonds is 6. The Hall–Kier alpha value is 0.01000. The highest BCUT2D eigenvalue weighted by atomic mass is 32.2. The summed E-state index contributed by atoms with van der Waals surface area (Å²) in [6.45, 7) is 8.01. The number of hydrogen-bond acceptors (Lipinski definition) is 3. The standard InChI is InChI=1S/C11H18OS2/c1-4-10-7-9(8-12-5-2)11(14-10)13-6-3/h7H,4-6,8H2,1-3H3. The molecule has 0 aromatic carbocycles. The molecule has 0 amide bonds. The maximum Gasteiger partial charge on any atom is 0.0736 e. The molecule has 14 heavy (non-hydrogen) atoms. The van der Waals surface area contributed by atoms with Gasteiger partial charge in [-0.25, -0.2) is 0 Å². The third kappa shape index (κ3) is 3.30. The van der Waals surface area contributed by atoms with Crippen LogP contribution in [0.1, 0.15) is 31.2 Å². The predicted molar refractivity (Wildman–Crippen MR) is 65.4 cm³/mol. The van der Waals surface area contributed by atoms with E-state index >= 15 is 0 Å². The van der Waals surface area contributed by atoms with Crippen LogP contribution < -0.4 is 0 Å². The molecule has 0 atom stereocenters. The highest BCUT2D eigenvalue weighted by Gasteiger charge is 2.07. The normalized spacial score (nSPS) is 10.8. The summed E-state index contributed by atoms with van der Waals surface area (Å²) in [7, 11) is 0. The van der Waals surface area contributed by atoms with Crippen LogP contribution >= 0.6 is 23.1 Å². The van der Waals surface area contributed by atoms with Crippen molar-refractivity contribution in [2.75, 3.05) is 12.4 Å². The van der Waals surface area contributed by atoms with Crippen LogP contribution in [-0.2, 0) is 17.8 Å². The van der Waals surface area contributed by atoms with Gasteiger partial charge in [0, 0.05) is 17.0 Å². The molecule has 0 spiro atoms. The van der Waals surface area contributed by atoms with Gasteiger partial charge in [0.2, 0.25) is 0 Å².